The number of rotatable bonds is 4. The van der Waals surface area contributed by atoms with Crippen molar-refractivity contribution in [1.29, 1.82) is 0 Å². The Morgan fingerprint density at radius 1 is 1.39 bits per heavy atom. The summed E-state index contributed by atoms with van der Waals surface area (Å²) in [5.74, 6) is 0.665. The lowest BCUT2D eigenvalue weighted by Crippen LogP contribution is -2.26. The average Bonchev–Trinajstić information content (AvgIpc) is 2.85. The number of hydrogen-bond acceptors (Lipinski definition) is 3. The van der Waals surface area contributed by atoms with Crippen LogP contribution in [0.5, 0.6) is 0 Å². The van der Waals surface area contributed by atoms with E-state index in [0.717, 1.165) is 10.2 Å². The molecule has 5 heteroatoms. The van der Waals surface area contributed by atoms with Crippen molar-refractivity contribution in [1.82, 2.24) is 5.32 Å². The largest absolute Gasteiger partial charge is 0.469 e. The van der Waals surface area contributed by atoms with E-state index in [-0.39, 0.29) is 5.91 Å². The molecular formula is C13H13BrN2O2. The number of halogens is 1. The Morgan fingerprint density at radius 2 is 2.22 bits per heavy atom. The van der Waals surface area contributed by atoms with Gasteiger partial charge in [-0.2, -0.15) is 0 Å². The van der Waals surface area contributed by atoms with Crippen molar-refractivity contribution in [3.63, 3.8) is 0 Å². The maximum atomic E-state index is 11.9. The van der Waals surface area contributed by atoms with Gasteiger partial charge >= 0.3 is 0 Å². The van der Waals surface area contributed by atoms with Crippen molar-refractivity contribution < 1.29 is 9.21 Å². The maximum Gasteiger partial charge on any atom is 0.253 e. The summed E-state index contributed by atoms with van der Waals surface area (Å²) in [6.45, 7) is 0.512. The van der Waals surface area contributed by atoms with Crippen molar-refractivity contribution in [2.75, 3.05) is 12.3 Å². The Balaban J connectivity index is 1.93. The standard InChI is InChI=1S/C13H13BrN2O2/c14-9-3-4-12(15)11(8-9)13(17)16-6-5-10-2-1-7-18-10/h1-4,7-8H,5-6,15H2,(H,16,17). The van der Waals surface area contributed by atoms with E-state index in [1.54, 1.807) is 24.5 Å². The number of nitrogens with one attached hydrogen (secondary N) is 1. The van der Waals surface area contributed by atoms with Crippen LogP contribution in [0.1, 0.15) is 16.1 Å². The fourth-order valence-corrected chi connectivity index (χ4v) is 1.94. The third-order valence-corrected chi connectivity index (χ3v) is 2.99. The smallest absolute Gasteiger partial charge is 0.253 e. The summed E-state index contributed by atoms with van der Waals surface area (Å²) in [5, 5.41) is 2.81. The van der Waals surface area contributed by atoms with Crippen LogP contribution in [0, 0.1) is 0 Å². The van der Waals surface area contributed by atoms with Crippen LogP contribution in [-0.2, 0) is 6.42 Å². The molecule has 0 saturated heterocycles. The number of nitrogen functional groups attached to an aromatic ring is 1. The monoisotopic (exact) mass is 308 g/mol. The van der Waals surface area contributed by atoms with E-state index < -0.39 is 0 Å². The molecule has 0 bridgehead atoms. The summed E-state index contributed by atoms with van der Waals surface area (Å²) in [6.07, 6.45) is 2.27. The minimum atomic E-state index is -0.180. The van der Waals surface area contributed by atoms with Crippen LogP contribution in [0.4, 0.5) is 5.69 Å². The Kier molecular flexibility index (Phi) is 4.04. The molecule has 0 spiro atoms. The molecule has 1 aromatic carbocycles. The number of furan rings is 1. The van der Waals surface area contributed by atoms with Gasteiger partial charge < -0.3 is 15.5 Å². The van der Waals surface area contributed by atoms with Crippen LogP contribution < -0.4 is 11.1 Å². The molecule has 0 atom stereocenters. The Hall–Kier alpha value is -1.75. The first-order valence-electron chi connectivity index (χ1n) is 5.52. The molecule has 2 rings (SSSR count). The van der Waals surface area contributed by atoms with Crippen LogP contribution in [0.25, 0.3) is 0 Å². The first-order valence-corrected chi connectivity index (χ1v) is 6.32. The highest BCUT2D eigenvalue weighted by Gasteiger charge is 2.09. The van der Waals surface area contributed by atoms with Gasteiger partial charge in [0.2, 0.25) is 0 Å². The van der Waals surface area contributed by atoms with E-state index >= 15 is 0 Å². The number of carbonyl (C=O) groups is 1. The van der Waals surface area contributed by atoms with Crippen molar-refractivity contribution in [2.24, 2.45) is 0 Å². The fourth-order valence-electron chi connectivity index (χ4n) is 1.57. The predicted octanol–water partition coefficient (Wildman–Crippen LogP) is 2.60. The Bertz CT molecular complexity index is 538. The van der Waals surface area contributed by atoms with Gasteiger partial charge in [-0.15, -0.1) is 0 Å². The molecule has 0 aliphatic heterocycles. The van der Waals surface area contributed by atoms with Crippen molar-refractivity contribution in [3.8, 4) is 0 Å². The van der Waals surface area contributed by atoms with Crippen LogP contribution in [0.15, 0.2) is 45.5 Å². The van der Waals surface area contributed by atoms with Gasteiger partial charge in [-0.25, -0.2) is 0 Å². The number of anilines is 1. The van der Waals surface area contributed by atoms with E-state index in [9.17, 15) is 4.79 Å². The lowest BCUT2D eigenvalue weighted by Gasteiger charge is -2.07. The topological polar surface area (TPSA) is 68.3 Å². The zero-order valence-corrected chi connectivity index (χ0v) is 11.2. The van der Waals surface area contributed by atoms with Gasteiger partial charge in [-0.05, 0) is 30.3 Å². The SMILES string of the molecule is Nc1ccc(Br)cc1C(=O)NCCc1ccco1. The molecule has 0 fully saturated rings. The number of amides is 1. The highest BCUT2D eigenvalue weighted by atomic mass is 79.9. The van der Waals surface area contributed by atoms with Crippen molar-refractivity contribution in [2.45, 2.75) is 6.42 Å². The first kappa shape index (κ1) is 12.7. The summed E-state index contributed by atoms with van der Waals surface area (Å²) in [5.41, 5.74) is 6.70. The van der Waals surface area contributed by atoms with E-state index in [1.165, 1.54) is 0 Å². The fraction of sp³-hybridized carbons (Fsp3) is 0.154. The second-order valence-corrected chi connectivity index (χ2v) is 4.73. The number of benzene rings is 1. The van der Waals surface area contributed by atoms with Gasteiger partial charge in [-0.1, -0.05) is 15.9 Å². The number of carbonyl (C=O) groups excluding carboxylic acids is 1. The van der Waals surface area contributed by atoms with Gasteiger partial charge in [0, 0.05) is 23.1 Å². The van der Waals surface area contributed by atoms with Crippen LogP contribution in [-0.4, -0.2) is 12.5 Å². The molecule has 1 aromatic heterocycles. The Labute approximate surface area is 113 Å². The van der Waals surface area contributed by atoms with Crippen LogP contribution in [0.3, 0.4) is 0 Å². The van der Waals surface area contributed by atoms with E-state index in [1.807, 2.05) is 12.1 Å². The molecule has 1 amide bonds. The van der Waals surface area contributed by atoms with Crippen LogP contribution >= 0.6 is 15.9 Å². The molecule has 0 saturated carbocycles. The van der Waals surface area contributed by atoms with E-state index in [0.29, 0.717) is 24.2 Å². The molecule has 0 aliphatic rings. The first-order chi connectivity index (χ1) is 8.66. The van der Waals surface area contributed by atoms with Gasteiger partial charge in [0.1, 0.15) is 5.76 Å². The van der Waals surface area contributed by atoms with E-state index in [2.05, 4.69) is 21.2 Å². The molecule has 0 radical (unpaired) electrons. The molecule has 3 N–H and O–H groups in total. The molecule has 94 valence electrons. The summed E-state index contributed by atoms with van der Waals surface area (Å²) >= 11 is 3.31. The highest BCUT2D eigenvalue weighted by Crippen LogP contribution is 2.18. The van der Waals surface area contributed by atoms with Gasteiger partial charge in [0.25, 0.3) is 5.91 Å². The molecular weight excluding hydrogens is 296 g/mol. The maximum absolute atomic E-state index is 11.9. The van der Waals surface area contributed by atoms with Gasteiger partial charge in [0.05, 0.1) is 11.8 Å². The van der Waals surface area contributed by atoms with Crippen molar-refractivity contribution in [3.05, 3.63) is 52.4 Å². The highest BCUT2D eigenvalue weighted by molar-refractivity contribution is 9.10. The number of nitrogens with two attached hydrogens (primary N) is 1. The second kappa shape index (κ2) is 5.73. The normalized spacial score (nSPS) is 10.3. The van der Waals surface area contributed by atoms with E-state index in [4.69, 9.17) is 10.2 Å². The molecule has 1 heterocycles. The predicted molar refractivity (Wildman–Crippen MR) is 73.3 cm³/mol. The molecule has 4 nitrogen and oxygen atoms in total. The van der Waals surface area contributed by atoms with Gasteiger partial charge in [0.15, 0.2) is 0 Å². The minimum Gasteiger partial charge on any atom is -0.469 e. The summed E-state index contributed by atoms with van der Waals surface area (Å²) < 4.78 is 6.01. The molecule has 2 aromatic rings. The summed E-state index contributed by atoms with van der Waals surface area (Å²) in [4.78, 5) is 11.9. The third-order valence-electron chi connectivity index (χ3n) is 2.50. The Morgan fingerprint density at radius 3 is 2.94 bits per heavy atom. The third kappa shape index (κ3) is 3.13. The quantitative estimate of drug-likeness (QED) is 0.853. The number of hydrogen-bond donors (Lipinski definition) is 2. The lowest BCUT2D eigenvalue weighted by atomic mass is 10.1. The summed E-state index contributed by atoms with van der Waals surface area (Å²) in [6, 6.07) is 8.90. The summed E-state index contributed by atoms with van der Waals surface area (Å²) in [7, 11) is 0. The molecule has 0 unspecified atom stereocenters. The zero-order valence-electron chi connectivity index (χ0n) is 9.65. The lowest BCUT2D eigenvalue weighted by molar-refractivity contribution is 0.0954. The van der Waals surface area contributed by atoms with Crippen LogP contribution in [0.2, 0.25) is 0 Å². The molecule has 18 heavy (non-hydrogen) atoms. The van der Waals surface area contributed by atoms with Crippen molar-refractivity contribution >= 4 is 27.5 Å². The van der Waals surface area contributed by atoms with Gasteiger partial charge in [-0.3, -0.25) is 4.79 Å². The second-order valence-electron chi connectivity index (χ2n) is 3.82. The minimum absolute atomic E-state index is 0.180. The molecule has 0 aliphatic carbocycles. The average molecular weight is 309 g/mol. The zero-order chi connectivity index (χ0) is 13.0.